The SMILES string of the molecule is COp1c2ccc3ccccc3c2c2c3ccccc3ccc21. The van der Waals surface area contributed by atoms with Gasteiger partial charge in [0.25, 0.3) is 0 Å². The summed E-state index contributed by atoms with van der Waals surface area (Å²) in [7, 11) is 1.11. The van der Waals surface area contributed by atoms with E-state index in [1.807, 2.05) is 7.11 Å². The number of fused-ring (bicyclic) bond motifs is 7. The molecule has 0 saturated carbocycles. The topological polar surface area (TPSA) is 9.23 Å². The van der Waals surface area contributed by atoms with Crippen molar-refractivity contribution in [3.8, 4) is 0 Å². The van der Waals surface area contributed by atoms with Gasteiger partial charge in [0.15, 0.2) is 0 Å². The average molecular weight is 314 g/mol. The molecule has 0 amide bonds. The largest absolute Gasteiger partial charge is 0.334 e. The minimum Gasteiger partial charge on any atom is -0.334 e. The van der Waals surface area contributed by atoms with Crippen LogP contribution in [0.25, 0.3) is 42.6 Å². The Morgan fingerprint density at radius 1 is 0.609 bits per heavy atom. The third-order valence-electron chi connectivity index (χ3n) is 4.68. The Labute approximate surface area is 135 Å². The molecule has 1 aromatic heterocycles. The van der Waals surface area contributed by atoms with Gasteiger partial charge in [-0.25, -0.2) is 0 Å². The predicted molar refractivity (Wildman–Crippen MR) is 102 cm³/mol. The second-order valence-corrected chi connectivity index (χ2v) is 7.76. The highest BCUT2D eigenvalue weighted by atomic mass is 31.1. The first-order valence-corrected chi connectivity index (χ1v) is 9.02. The number of hydrogen-bond acceptors (Lipinski definition) is 1. The molecule has 0 aliphatic heterocycles. The van der Waals surface area contributed by atoms with Crippen LogP contribution >= 0.6 is 7.76 Å². The molecule has 110 valence electrons. The fourth-order valence-corrected chi connectivity index (χ4v) is 5.65. The van der Waals surface area contributed by atoms with Gasteiger partial charge in [-0.2, -0.15) is 0 Å². The zero-order chi connectivity index (χ0) is 15.4. The van der Waals surface area contributed by atoms with E-state index in [1.54, 1.807) is 0 Å². The fourth-order valence-electron chi connectivity index (χ4n) is 3.71. The molecule has 23 heavy (non-hydrogen) atoms. The van der Waals surface area contributed by atoms with E-state index in [0.717, 1.165) is 0 Å². The van der Waals surface area contributed by atoms with Crippen molar-refractivity contribution < 1.29 is 4.52 Å². The molecule has 2 heteroatoms. The first-order chi connectivity index (χ1) is 11.4. The van der Waals surface area contributed by atoms with Crippen molar-refractivity contribution in [2.45, 2.75) is 0 Å². The van der Waals surface area contributed by atoms with Gasteiger partial charge in [-0.15, -0.1) is 0 Å². The summed E-state index contributed by atoms with van der Waals surface area (Å²) in [6, 6.07) is 26.2. The van der Waals surface area contributed by atoms with Gasteiger partial charge in [0, 0.05) is 35.9 Å². The van der Waals surface area contributed by atoms with Gasteiger partial charge < -0.3 is 4.52 Å². The van der Waals surface area contributed by atoms with Crippen LogP contribution in [0.4, 0.5) is 0 Å². The maximum atomic E-state index is 5.93. The third kappa shape index (κ3) is 1.72. The summed E-state index contributed by atoms with van der Waals surface area (Å²) in [5.41, 5.74) is 0. The summed E-state index contributed by atoms with van der Waals surface area (Å²) in [6.07, 6.45) is 0. The molecule has 4 aromatic carbocycles. The number of benzene rings is 4. The highest BCUT2D eigenvalue weighted by Gasteiger charge is 2.16. The van der Waals surface area contributed by atoms with Gasteiger partial charge >= 0.3 is 0 Å². The van der Waals surface area contributed by atoms with Crippen LogP contribution in [0.5, 0.6) is 0 Å². The van der Waals surface area contributed by atoms with Gasteiger partial charge in [-0.1, -0.05) is 60.7 Å². The molecule has 1 nitrogen and oxygen atoms in total. The van der Waals surface area contributed by atoms with Crippen LogP contribution in [0.3, 0.4) is 0 Å². The second kappa shape index (κ2) is 4.83. The predicted octanol–water partition coefficient (Wildman–Crippen LogP) is 6.34. The summed E-state index contributed by atoms with van der Waals surface area (Å²) in [5, 5.41) is 10.6. The molecule has 0 aliphatic carbocycles. The Hall–Kier alpha value is -2.34. The lowest BCUT2D eigenvalue weighted by Gasteiger charge is -2.03. The molecule has 0 N–H and O–H groups in total. The normalized spacial score (nSPS) is 11.9. The lowest BCUT2D eigenvalue weighted by atomic mass is 10.00. The minimum atomic E-state index is -0.721. The summed E-state index contributed by atoms with van der Waals surface area (Å²) in [6.45, 7) is 0. The van der Waals surface area contributed by atoms with E-state index >= 15 is 0 Å². The van der Waals surface area contributed by atoms with E-state index in [9.17, 15) is 0 Å². The molecule has 5 rings (SSSR count). The summed E-state index contributed by atoms with van der Waals surface area (Å²) >= 11 is 0. The van der Waals surface area contributed by atoms with Gasteiger partial charge in [-0.05, 0) is 33.7 Å². The van der Waals surface area contributed by atoms with E-state index in [0.29, 0.717) is 0 Å². The zero-order valence-corrected chi connectivity index (χ0v) is 13.7. The molecule has 1 heterocycles. The summed E-state index contributed by atoms with van der Waals surface area (Å²) < 4.78 is 5.93. The van der Waals surface area contributed by atoms with Crippen LogP contribution in [-0.2, 0) is 0 Å². The summed E-state index contributed by atoms with van der Waals surface area (Å²) in [4.78, 5) is 0. The molecule has 0 fully saturated rings. The maximum absolute atomic E-state index is 5.93. The highest BCUT2D eigenvalue weighted by Crippen LogP contribution is 2.51. The van der Waals surface area contributed by atoms with Gasteiger partial charge in [0.2, 0.25) is 0 Å². The summed E-state index contributed by atoms with van der Waals surface area (Å²) in [5.74, 6) is 0. The quantitative estimate of drug-likeness (QED) is 0.350. The van der Waals surface area contributed by atoms with Crippen molar-refractivity contribution in [3.63, 3.8) is 0 Å². The Morgan fingerprint density at radius 3 is 1.57 bits per heavy atom. The van der Waals surface area contributed by atoms with Crippen molar-refractivity contribution in [1.82, 2.24) is 0 Å². The zero-order valence-electron chi connectivity index (χ0n) is 12.8. The van der Waals surface area contributed by atoms with Crippen LogP contribution in [-0.4, -0.2) is 7.11 Å². The lowest BCUT2D eigenvalue weighted by molar-refractivity contribution is 0.559. The van der Waals surface area contributed by atoms with Gasteiger partial charge in [-0.3, -0.25) is 0 Å². The molecule has 0 atom stereocenters. The smallest absolute Gasteiger partial charge is 0.0459 e. The number of rotatable bonds is 1. The molecule has 0 unspecified atom stereocenters. The number of hydrogen-bond donors (Lipinski definition) is 0. The van der Waals surface area contributed by atoms with Crippen molar-refractivity contribution >= 4 is 50.3 Å². The first-order valence-electron chi connectivity index (χ1n) is 7.76. The molecule has 5 aromatic rings. The first kappa shape index (κ1) is 13.1. The Kier molecular flexibility index (Phi) is 2.76. The molecular weight excluding hydrogens is 299 g/mol. The van der Waals surface area contributed by atoms with Gasteiger partial charge in [0.05, 0.1) is 0 Å². The molecule has 0 bridgehead atoms. The molecule has 0 saturated heterocycles. The van der Waals surface area contributed by atoms with E-state index in [4.69, 9.17) is 4.52 Å². The van der Waals surface area contributed by atoms with Gasteiger partial charge in [0.1, 0.15) is 0 Å². The van der Waals surface area contributed by atoms with E-state index in [1.165, 1.54) is 42.6 Å². The average Bonchev–Trinajstić information content (AvgIpc) is 2.96. The Balaban J connectivity index is 2.19. The molecule has 0 spiro atoms. The van der Waals surface area contributed by atoms with Crippen molar-refractivity contribution in [2.75, 3.05) is 7.11 Å². The van der Waals surface area contributed by atoms with Crippen molar-refractivity contribution in [1.29, 1.82) is 0 Å². The molecule has 0 aliphatic rings. The van der Waals surface area contributed by atoms with Crippen molar-refractivity contribution in [2.24, 2.45) is 0 Å². The Bertz CT molecular complexity index is 1110. The second-order valence-electron chi connectivity index (χ2n) is 5.84. The van der Waals surface area contributed by atoms with Crippen LogP contribution in [0.1, 0.15) is 0 Å². The standard InChI is InChI=1S/C21H15OP/c1-22-23-18-12-10-14-6-2-4-8-16(14)20(18)21-17-9-5-3-7-15(17)11-13-19(21)23/h2-13H,1H3. The minimum absolute atomic E-state index is 0.721. The highest BCUT2D eigenvalue weighted by molar-refractivity contribution is 7.57. The lowest BCUT2D eigenvalue weighted by Crippen LogP contribution is -1.76. The van der Waals surface area contributed by atoms with E-state index in [-0.39, 0.29) is 0 Å². The molecule has 0 radical (unpaired) electrons. The van der Waals surface area contributed by atoms with E-state index in [2.05, 4.69) is 72.8 Å². The van der Waals surface area contributed by atoms with Crippen LogP contribution in [0.2, 0.25) is 0 Å². The fraction of sp³-hybridized carbons (Fsp3) is 0.0476. The monoisotopic (exact) mass is 314 g/mol. The third-order valence-corrected chi connectivity index (χ3v) is 6.67. The van der Waals surface area contributed by atoms with Crippen LogP contribution < -0.4 is 4.52 Å². The van der Waals surface area contributed by atoms with E-state index < -0.39 is 7.76 Å². The van der Waals surface area contributed by atoms with Crippen molar-refractivity contribution in [3.05, 3.63) is 72.8 Å². The van der Waals surface area contributed by atoms with Crippen LogP contribution in [0.15, 0.2) is 72.8 Å². The maximum Gasteiger partial charge on any atom is 0.0459 e. The Morgan fingerprint density at radius 2 is 1.09 bits per heavy atom. The molecular formula is C21H15OP. The van der Waals surface area contributed by atoms with Crippen LogP contribution in [0, 0.1) is 0 Å².